The van der Waals surface area contributed by atoms with Crippen molar-refractivity contribution in [3.05, 3.63) is 46.1 Å². The largest absolute Gasteiger partial charge is 0.451 e. The monoisotopic (exact) mass is 320 g/mol. The Morgan fingerprint density at radius 1 is 1.47 bits per heavy atom. The van der Waals surface area contributed by atoms with Crippen LogP contribution in [0.3, 0.4) is 0 Å². The van der Waals surface area contributed by atoms with Crippen LogP contribution in [-0.4, -0.2) is 17.4 Å². The molecular weight excluding hydrogens is 308 g/mol. The second kappa shape index (κ2) is 4.81. The average molecular weight is 321 g/mol. The lowest BCUT2D eigenvalue weighted by molar-refractivity contribution is 0.0980. The van der Waals surface area contributed by atoms with Gasteiger partial charge in [0.1, 0.15) is 6.26 Å². The van der Waals surface area contributed by atoms with Crippen LogP contribution in [-0.2, 0) is 6.42 Å². The summed E-state index contributed by atoms with van der Waals surface area (Å²) in [7, 11) is 0. The van der Waals surface area contributed by atoms with E-state index in [1.54, 1.807) is 4.90 Å². The Morgan fingerprint density at radius 2 is 2.32 bits per heavy atom. The zero-order valence-electron chi connectivity index (χ0n) is 10.5. The summed E-state index contributed by atoms with van der Waals surface area (Å²) in [5, 5.41) is 0. The summed E-state index contributed by atoms with van der Waals surface area (Å²) < 4.78 is 5.89. The van der Waals surface area contributed by atoms with Gasteiger partial charge in [-0.2, -0.15) is 0 Å². The van der Waals surface area contributed by atoms with Crippen molar-refractivity contribution >= 4 is 27.5 Å². The topological polar surface area (TPSA) is 46.3 Å². The molecule has 0 bridgehead atoms. The van der Waals surface area contributed by atoms with E-state index in [4.69, 9.17) is 4.42 Å². The minimum Gasteiger partial charge on any atom is -0.451 e. The van der Waals surface area contributed by atoms with Crippen molar-refractivity contribution < 1.29 is 9.21 Å². The molecule has 0 spiro atoms. The van der Waals surface area contributed by atoms with Crippen LogP contribution in [0.4, 0.5) is 5.69 Å². The molecule has 1 aliphatic rings. The maximum atomic E-state index is 12.5. The molecule has 19 heavy (non-hydrogen) atoms. The minimum atomic E-state index is -0.110. The molecule has 0 aliphatic carbocycles. The summed E-state index contributed by atoms with van der Waals surface area (Å²) in [6.45, 7) is 2.73. The number of hydrogen-bond donors (Lipinski definition) is 0. The number of carbonyl (C=O) groups is 1. The van der Waals surface area contributed by atoms with E-state index in [1.165, 1.54) is 18.2 Å². The van der Waals surface area contributed by atoms with Gasteiger partial charge in [0.2, 0.25) is 0 Å². The van der Waals surface area contributed by atoms with E-state index in [1.807, 2.05) is 6.92 Å². The molecule has 1 aliphatic heterocycles. The highest BCUT2D eigenvalue weighted by Crippen LogP contribution is 2.37. The number of aryl methyl sites for hydroxylation is 2. The smallest absolute Gasteiger partial charge is 0.280 e. The van der Waals surface area contributed by atoms with Gasteiger partial charge in [-0.1, -0.05) is 12.1 Å². The van der Waals surface area contributed by atoms with Crippen LogP contribution in [0.15, 0.2) is 33.7 Å². The summed E-state index contributed by atoms with van der Waals surface area (Å²) in [5.74, 6) is -0.110. The number of halogens is 1. The van der Waals surface area contributed by atoms with E-state index in [-0.39, 0.29) is 5.91 Å². The Hall–Kier alpha value is -1.62. The number of nitrogens with zero attached hydrogens (tertiary/aromatic N) is 2. The van der Waals surface area contributed by atoms with Gasteiger partial charge in [0.25, 0.3) is 5.91 Å². The molecule has 2 heterocycles. The second-order valence-corrected chi connectivity index (χ2v) is 5.43. The quantitative estimate of drug-likeness (QED) is 0.809. The number of hydrogen-bond acceptors (Lipinski definition) is 3. The van der Waals surface area contributed by atoms with Crippen LogP contribution in [0.2, 0.25) is 0 Å². The van der Waals surface area contributed by atoms with E-state index in [2.05, 4.69) is 33.0 Å². The molecule has 4 nitrogen and oxygen atoms in total. The van der Waals surface area contributed by atoms with Crippen LogP contribution in [0, 0.1) is 6.92 Å². The van der Waals surface area contributed by atoms with E-state index < -0.39 is 0 Å². The molecule has 1 amide bonds. The normalized spacial score (nSPS) is 14.3. The number of anilines is 1. The van der Waals surface area contributed by atoms with Gasteiger partial charge in [-0.3, -0.25) is 4.79 Å². The highest BCUT2D eigenvalue weighted by molar-refractivity contribution is 9.10. The standard InChI is InChI=1S/C14H13BrN2O2/c1-9-4-5-10-3-2-6-17(13(10)12(9)15)14(18)11-7-19-8-16-11/h4-5,7-8H,2-3,6H2,1H3. The van der Waals surface area contributed by atoms with E-state index >= 15 is 0 Å². The molecule has 0 saturated carbocycles. The van der Waals surface area contributed by atoms with Crippen LogP contribution in [0.25, 0.3) is 0 Å². The lowest BCUT2D eigenvalue weighted by atomic mass is 9.99. The number of benzene rings is 1. The van der Waals surface area contributed by atoms with Gasteiger partial charge in [-0.25, -0.2) is 4.98 Å². The average Bonchev–Trinajstić information content (AvgIpc) is 2.95. The lowest BCUT2D eigenvalue weighted by Crippen LogP contribution is -2.36. The molecule has 1 aromatic carbocycles. The van der Waals surface area contributed by atoms with E-state index in [0.29, 0.717) is 12.2 Å². The van der Waals surface area contributed by atoms with Gasteiger partial charge in [0, 0.05) is 11.0 Å². The van der Waals surface area contributed by atoms with Gasteiger partial charge in [-0.05, 0) is 46.8 Å². The molecule has 0 N–H and O–H groups in total. The number of carbonyl (C=O) groups excluding carboxylic acids is 1. The van der Waals surface area contributed by atoms with Crippen molar-refractivity contribution in [2.75, 3.05) is 11.4 Å². The number of rotatable bonds is 1. The van der Waals surface area contributed by atoms with Crippen molar-refractivity contribution in [3.63, 3.8) is 0 Å². The minimum absolute atomic E-state index is 0.110. The highest BCUT2D eigenvalue weighted by Gasteiger charge is 2.27. The first-order valence-electron chi connectivity index (χ1n) is 6.16. The fourth-order valence-corrected chi connectivity index (χ4v) is 3.00. The van der Waals surface area contributed by atoms with Gasteiger partial charge >= 0.3 is 0 Å². The Kier molecular flexibility index (Phi) is 3.14. The molecule has 0 fully saturated rings. The fourth-order valence-electron chi connectivity index (χ4n) is 2.40. The predicted molar refractivity (Wildman–Crippen MR) is 75.4 cm³/mol. The highest BCUT2D eigenvalue weighted by atomic mass is 79.9. The van der Waals surface area contributed by atoms with Crippen molar-refractivity contribution in [2.24, 2.45) is 0 Å². The second-order valence-electron chi connectivity index (χ2n) is 4.64. The summed E-state index contributed by atoms with van der Waals surface area (Å²) in [6.07, 6.45) is 4.63. The van der Waals surface area contributed by atoms with Crippen molar-refractivity contribution in [3.8, 4) is 0 Å². The van der Waals surface area contributed by atoms with Gasteiger partial charge in [0.15, 0.2) is 12.1 Å². The predicted octanol–water partition coefficient (Wildman–Crippen LogP) is 3.34. The van der Waals surface area contributed by atoms with Gasteiger partial charge in [-0.15, -0.1) is 0 Å². The summed E-state index contributed by atoms with van der Waals surface area (Å²) in [4.78, 5) is 18.2. The Labute approximate surface area is 119 Å². The van der Waals surface area contributed by atoms with Crippen LogP contribution >= 0.6 is 15.9 Å². The summed E-state index contributed by atoms with van der Waals surface area (Å²) >= 11 is 3.60. The molecule has 1 aromatic heterocycles. The lowest BCUT2D eigenvalue weighted by Gasteiger charge is -2.30. The first-order chi connectivity index (χ1) is 9.18. The molecule has 5 heteroatoms. The van der Waals surface area contributed by atoms with Crippen molar-refractivity contribution in [1.29, 1.82) is 0 Å². The Bertz CT molecular complexity index is 623. The molecule has 0 radical (unpaired) electrons. The maximum Gasteiger partial charge on any atom is 0.280 e. The summed E-state index contributed by atoms with van der Waals surface area (Å²) in [5.41, 5.74) is 3.64. The number of fused-ring (bicyclic) bond motifs is 1. The van der Waals surface area contributed by atoms with E-state index in [0.717, 1.165) is 28.6 Å². The van der Waals surface area contributed by atoms with Gasteiger partial charge < -0.3 is 9.32 Å². The summed E-state index contributed by atoms with van der Waals surface area (Å²) in [6, 6.07) is 4.17. The molecular formula is C14H13BrN2O2. The maximum absolute atomic E-state index is 12.5. The number of amides is 1. The Morgan fingerprint density at radius 3 is 3.05 bits per heavy atom. The van der Waals surface area contributed by atoms with Crippen LogP contribution < -0.4 is 4.90 Å². The molecule has 0 saturated heterocycles. The zero-order chi connectivity index (χ0) is 13.4. The van der Waals surface area contributed by atoms with Crippen LogP contribution in [0.5, 0.6) is 0 Å². The zero-order valence-corrected chi connectivity index (χ0v) is 12.1. The molecule has 2 aromatic rings. The molecule has 98 valence electrons. The third-order valence-corrected chi connectivity index (χ3v) is 4.39. The fraction of sp³-hybridized carbons (Fsp3) is 0.286. The SMILES string of the molecule is Cc1ccc2c(c1Br)N(C(=O)c1cocn1)CCC2. The third-order valence-electron chi connectivity index (χ3n) is 3.39. The van der Waals surface area contributed by atoms with Crippen molar-refractivity contribution in [2.45, 2.75) is 19.8 Å². The van der Waals surface area contributed by atoms with E-state index in [9.17, 15) is 4.79 Å². The molecule has 0 atom stereocenters. The van der Waals surface area contributed by atoms with Crippen LogP contribution in [0.1, 0.15) is 28.0 Å². The van der Waals surface area contributed by atoms with Crippen molar-refractivity contribution in [1.82, 2.24) is 4.98 Å². The molecule has 0 unspecified atom stereocenters. The number of oxazole rings is 1. The third kappa shape index (κ3) is 2.08. The Balaban J connectivity index is 2.07. The van der Waals surface area contributed by atoms with Gasteiger partial charge in [0.05, 0.1) is 5.69 Å². The first-order valence-corrected chi connectivity index (χ1v) is 6.96. The number of aromatic nitrogens is 1. The molecule has 3 rings (SSSR count). The first kappa shape index (κ1) is 12.4.